The third-order valence-electron chi connectivity index (χ3n) is 3.90. The summed E-state index contributed by atoms with van der Waals surface area (Å²) in [6.45, 7) is 11.8. The zero-order valence-corrected chi connectivity index (χ0v) is 15.1. The van der Waals surface area contributed by atoms with Gasteiger partial charge >= 0.3 is 0 Å². The number of aromatic amines is 1. The molecule has 0 aromatic carbocycles. The van der Waals surface area contributed by atoms with Crippen molar-refractivity contribution in [2.24, 2.45) is 0 Å². The van der Waals surface area contributed by atoms with E-state index in [1.54, 1.807) is 18.5 Å². The number of carbonyl (C=O) groups is 2. The highest BCUT2D eigenvalue weighted by molar-refractivity contribution is 5.96. The number of amides is 1. The number of hydrogen-bond acceptors (Lipinski definition) is 4. The summed E-state index contributed by atoms with van der Waals surface area (Å²) in [6.07, 6.45) is 0. The molecule has 0 bridgehead atoms. The first-order valence-electron chi connectivity index (χ1n) is 7.96. The zero-order chi connectivity index (χ0) is 18.1. The van der Waals surface area contributed by atoms with E-state index in [9.17, 15) is 9.59 Å². The highest BCUT2D eigenvalue weighted by Gasteiger charge is 2.18. The lowest BCUT2D eigenvalue weighted by Crippen LogP contribution is -2.28. The number of ketones is 1. The molecule has 0 saturated carbocycles. The maximum absolute atomic E-state index is 12.1. The number of rotatable bonds is 5. The van der Waals surface area contributed by atoms with Gasteiger partial charge in [0.15, 0.2) is 5.78 Å². The fourth-order valence-corrected chi connectivity index (χ4v) is 2.58. The molecule has 2 aromatic heterocycles. The molecular formula is C17H25N5O2. The Labute approximate surface area is 141 Å². The number of hydrogen-bond donors (Lipinski definition) is 2. The van der Waals surface area contributed by atoms with Crippen LogP contribution in [0, 0.1) is 13.8 Å². The average Bonchev–Trinajstić information content (AvgIpc) is 3.02. The Kier molecular flexibility index (Phi) is 4.91. The lowest BCUT2D eigenvalue weighted by molar-refractivity contribution is -0.122. The second kappa shape index (κ2) is 6.59. The van der Waals surface area contributed by atoms with Crippen molar-refractivity contribution < 1.29 is 9.59 Å². The van der Waals surface area contributed by atoms with Crippen molar-refractivity contribution in [2.45, 2.75) is 60.0 Å². The van der Waals surface area contributed by atoms with Gasteiger partial charge in [-0.3, -0.25) is 19.4 Å². The van der Waals surface area contributed by atoms with E-state index in [-0.39, 0.29) is 23.7 Å². The topological polar surface area (TPSA) is 92.7 Å². The quantitative estimate of drug-likeness (QED) is 0.820. The van der Waals surface area contributed by atoms with Gasteiger partial charge < -0.3 is 5.32 Å². The summed E-state index contributed by atoms with van der Waals surface area (Å²) < 4.78 is 1.56. The predicted molar refractivity (Wildman–Crippen MR) is 90.8 cm³/mol. The monoisotopic (exact) mass is 331 g/mol. The Bertz CT molecular complexity index is 765. The second-order valence-corrected chi connectivity index (χ2v) is 7.06. The van der Waals surface area contributed by atoms with Crippen LogP contribution in [0.25, 0.3) is 0 Å². The summed E-state index contributed by atoms with van der Waals surface area (Å²) in [5.41, 5.74) is 3.72. The molecular weight excluding hydrogens is 306 g/mol. The van der Waals surface area contributed by atoms with Crippen LogP contribution in [-0.2, 0) is 23.3 Å². The largest absolute Gasteiger partial charge is 0.349 e. The Morgan fingerprint density at radius 1 is 1.29 bits per heavy atom. The van der Waals surface area contributed by atoms with Gasteiger partial charge in [-0.15, -0.1) is 0 Å². The summed E-state index contributed by atoms with van der Waals surface area (Å²) in [6, 6.07) is 1.96. The normalized spacial score (nSPS) is 11.6. The Balaban J connectivity index is 1.98. The molecule has 0 aliphatic carbocycles. The molecule has 0 unspecified atom stereocenters. The van der Waals surface area contributed by atoms with Crippen LogP contribution in [0.5, 0.6) is 0 Å². The molecule has 0 aliphatic rings. The van der Waals surface area contributed by atoms with E-state index in [1.807, 2.05) is 6.07 Å². The highest BCUT2D eigenvalue weighted by atomic mass is 16.2. The lowest BCUT2D eigenvalue weighted by atomic mass is 9.92. The van der Waals surface area contributed by atoms with Gasteiger partial charge in [0.1, 0.15) is 6.54 Å². The molecule has 0 spiro atoms. The minimum Gasteiger partial charge on any atom is -0.349 e. The van der Waals surface area contributed by atoms with Crippen LogP contribution < -0.4 is 5.32 Å². The van der Waals surface area contributed by atoms with E-state index in [2.05, 4.69) is 41.4 Å². The lowest BCUT2D eigenvalue weighted by Gasteiger charge is -2.13. The Morgan fingerprint density at radius 2 is 1.96 bits per heavy atom. The number of aromatic nitrogens is 4. The smallest absolute Gasteiger partial charge is 0.242 e. The van der Waals surface area contributed by atoms with Gasteiger partial charge in [0.05, 0.1) is 29.2 Å². The molecule has 7 nitrogen and oxygen atoms in total. The Morgan fingerprint density at radius 3 is 2.46 bits per heavy atom. The standard InChI is InChI=1S/C17H25N5O2/c1-10-16(12(3)23)11(2)22(21-10)9-15(24)18-8-13-7-14(20-19-13)17(4,5)6/h7H,8-9H2,1-6H3,(H,18,24)(H,19,20). The van der Waals surface area contributed by atoms with Gasteiger partial charge in [0.25, 0.3) is 0 Å². The summed E-state index contributed by atoms with van der Waals surface area (Å²) >= 11 is 0. The Hall–Kier alpha value is -2.44. The van der Waals surface area contributed by atoms with Gasteiger partial charge in [-0.25, -0.2) is 0 Å². The minimum absolute atomic E-state index is 0.0362. The van der Waals surface area contributed by atoms with Crippen molar-refractivity contribution in [3.8, 4) is 0 Å². The van der Waals surface area contributed by atoms with Crippen LogP contribution in [0.4, 0.5) is 0 Å². The van der Waals surface area contributed by atoms with Gasteiger partial charge in [0.2, 0.25) is 5.91 Å². The summed E-state index contributed by atoms with van der Waals surface area (Å²) in [7, 11) is 0. The molecule has 2 aromatic rings. The molecule has 0 radical (unpaired) electrons. The maximum Gasteiger partial charge on any atom is 0.242 e. The van der Waals surface area contributed by atoms with Crippen LogP contribution in [0.1, 0.15) is 60.8 Å². The van der Waals surface area contributed by atoms with E-state index in [4.69, 9.17) is 0 Å². The maximum atomic E-state index is 12.1. The van der Waals surface area contributed by atoms with E-state index < -0.39 is 0 Å². The fourth-order valence-electron chi connectivity index (χ4n) is 2.58. The van der Waals surface area contributed by atoms with E-state index in [0.29, 0.717) is 23.5 Å². The van der Waals surface area contributed by atoms with Crippen LogP contribution in [0.2, 0.25) is 0 Å². The third kappa shape index (κ3) is 3.90. The molecule has 0 saturated heterocycles. The van der Waals surface area contributed by atoms with Gasteiger partial charge in [-0.2, -0.15) is 10.2 Å². The number of Topliss-reactive ketones (excluding diaryl/α,β-unsaturated/α-hetero) is 1. The molecule has 0 atom stereocenters. The molecule has 130 valence electrons. The molecule has 2 heterocycles. The molecule has 0 fully saturated rings. The molecule has 2 rings (SSSR count). The summed E-state index contributed by atoms with van der Waals surface area (Å²) in [5, 5.41) is 14.3. The first-order chi connectivity index (χ1) is 11.1. The van der Waals surface area contributed by atoms with Crippen molar-refractivity contribution >= 4 is 11.7 Å². The van der Waals surface area contributed by atoms with E-state index >= 15 is 0 Å². The number of carbonyl (C=O) groups excluding carboxylic acids is 2. The van der Waals surface area contributed by atoms with Crippen LogP contribution >= 0.6 is 0 Å². The number of nitrogens with zero attached hydrogens (tertiary/aromatic N) is 3. The summed E-state index contributed by atoms with van der Waals surface area (Å²) in [4.78, 5) is 23.8. The van der Waals surface area contributed by atoms with Crippen LogP contribution in [-0.4, -0.2) is 31.7 Å². The van der Waals surface area contributed by atoms with E-state index in [0.717, 1.165) is 11.4 Å². The molecule has 24 heavy (non-hydrogen) atoms. The first kappa shape index (κ1) is 17.9. The average molecular weight is 331 g/mol. The van der Waals surface area contributed by atoms with Crippen LogP contribution in [0.3, 0.4) is 0 Å². The first-order valence-corrected chi connectivity index (χ1v) is 7.96. The van der Waals surface area contributed by atoms with Crippen molar-refractivity contribution in [1.29, 1.82) is 0 Å². The van der Waals surface area contributed by atoms with Gasteiger partial charge in [-0.05, 0) is 26.8 Å². The fraction of sp³-hybridized carbons (Fsp3) is 0.529. The van der Waals surface area contributed by atoms with Crippen LogP contribution in [0.15, 0.2) is 6.07 Å². The SMILES string of the molecule is CC(=O)c1c(C)nn(CC(=O)NCc2cc(C(C)(C)C)n[nH]2)c1C. The molecule has 2 N–H and O–H groups in total. The molecule has 7 heteroatoms. The van der Waals surface area contributed by atoms with Gasteiger partial charge in [-0.1, -0.05) is 20.8 Å². The summed E-state index contributed by atoms with van der Waals surface area (Å²) in [5.74, 6) is -0.202. The number of H-pyrrole nitrogens is 1. The number of nitrogens with one attached hydrogen (secondary N) is 2. The van der Waals surface area contributed by atoms with Crippen molar-refractivity contribution in [3.63, 3.8) is 0 Å². The second-order valence-electron chi connectivity index (χ2n) is 7.06. The van der Waals surface area contributed by atoms with Gasteiger partial charge in [0, 0.05) is 11.1 Å². The minimum atomic E-state index is -0.164. The third-order valence-corrected chi connectivity index (χ3v) is 3.90. The number of aryl methyl sites for hydroxylation is 1. The predicted octanol–water partition coefficient (Wildman–Crippen LogP) is 2.04. The van der Waals surface area contributed by atoms with Crippen molar-refractivity contribution in [1.82, 2.24) is 25.3 Å². The zero-order valence-electron chi connectivity index (χ0n) is 15.1. The molecule has 0 aliphatic heterocycles. The van der Waals surface area contributed by atoms with E-state index in [1.165, 1.54) is 6.92 Å². The molecule has 1 amide bonds. The van der Waals surface area contributed by atoms with Crippen molar-refractivity contribution in [2.75, 3.05) is 0 Å². The van der Waals surface area contributed by atoms with Crippen molar-refractivity contribution in [3.05, 3.63) is 34.4 Å². The highest BCUT2D eigenvalue weighted by Crippen LogP contribution is 2.20.